The number of nitrogens with zero attached hydrogens (tertiary/aromatic N) is 5. The molecule has 4 rings (SSSR count). The van der Waals surface area contributed by atoms with E-state index in [2.05, 4.69) is 44.5 Å². The van der Waals surface area contributed by atoms with Gasteiger partial charge >= 0.3 is 0 Å². The zero-order valence-corrected chi connectivity index (χ0v) is 15.7. The Kier molecular flexibility index (Phi) is 5.42. The molecule has 142 valence electrons. The van der Waals surface area contributed by atoms with Gasteiger partial charge in [0.25, 0.3) is 5.89 Å². The van der Waals surface area contributed by atoms with E-state index in [1.807, 2.05) is 36.2 Å². The molecular formula is C21H21N5O2. The number of hydrogen-bond donors (Lipinski definition) is 0. The van der Waals surface area contributed by atoms with Gasteiger partial charge in [-0.3, -0.25) is 0 Å². The van der Waals surface area contributed by atoms with Crippen LogP contribution in [-0.4, -0.2) is 27.3 Å². The maximum Gasteiger partial charge on any atom is 0.259 e. The van der Waals surface area contributed by atoms with Crippen LogP contribution in [0.25, 0.3) is 11.5 Å². The van der Waals surface area contributed by atoms with Crippen molar-refractivity contribution in [3.05, 3.63) is 78.1 Å². The molecule has 0 amide bonds. The van der Waals surface area contributed by atoms with E-state index in [0.717, 1.165) is 42.2 Å². The maximum absolute atomic E-state index is 5.40. The minimum absolute atomic E-state index is 0.493. The minimum Gasteiger partial charge on any atom is -0.364 e. The van der Waals surface area contributed by atoms with E-state index in [1.165, 1.54) is 5.56 Å². The zero-order chi connectivity index (χ0) is 19.2. The normalized spacial score (nSPS) is 10.9. The molecule has 0 aliphatic carbocycles. The van der Waals surface area contributed by atoms with E-state index in [1.54, 1.807) is 12.5 Å². The molecule has 0 bridgehead atoms. The Morgan fingerprint density at radius 1 is 0.964 bits per heavy atom. The summed E-state index contributed by atoms with van der Waals surface area (Å²) in [6.07, 6.45) is 6.07. The van der Waals surface area contributed by atoms with E-state index in [0.29, 0.717) is 12.4 Å². The van der Waals surface area contributed by atoms with Crippen molar-refractivity contribution in [2.24, 2.45) is 0 Å². The average Bonchev–Trinajstić information content (AvgIpc) is 3.41. The molecule has 0 saturated carbocycles. The molecule has 0 radical (unpaired) electrons. The third kappa shape index (κ3) is 4.43. The Labute approximate surface area is 163 Å². The van der Waals surface area contributed by atoms with Crippen molar-refractivity contribution >= 4 is 5.82 Å². The Morgan fingerprint density at radius 3 is 2.61 bits per heavy atom. The fourth-order valence-electron chi connectivity index (χ4n) is 2.95. The van der Waals surface area contributed by atoms with Gasteiger partial charge in [0, 0.05) is 25.7 Å². The highest BCUT2D eigenvalue weighted by molar-refractivity contribution is 5.54. The molecule has 0 fully saturated rings. The molecule has 0 saturated heterocycles. The second-order valence-electron chi connectivity index (χ2n) is 6.61. The average molecular weight is 375 g/mol. The summed E-state index contributed by atoms with van der Waals surface area (Å²) in [5.74, 6) is 2.04. The van der Waals surface area contributed by atoms with Crippen molar-refractivity contribution in [2.45, 2.75) is 25.8 Å². The van der Waals surface area contributed by atoms with Crippen LogP contribution < -0.4 is 4.90 Å². The molecule has 4 aromatic rings. The van der Waals surface area contributed by atoms with Crippen LogP contribution in [-0.2, 0) is 19.4 Å². The summed E-state index contributed by atoms with van der Waals surface area (Å²) < 4.78 is 10.3. The van der Waals surface area contributed by atoms with Gasteiger partial charge in [0.2, 0.25) is 0 Å². The van der Waals surface area contributed by atoms with Gasteiger partial charge in [0.15, 0.2) is 5.82 Å². The first-order valence-corrected chi connectivity index (χ1v) is 9.21. The zero-order valence-electron chi connectivity index (χ0n) is 15.7. The summed E-state index contributed by atoms with van der Waals surface area (Å²) in [5, 5.41) is 8.00. The van der Waals surface area contributed by atoms with E-state index in [9.17, 15) is 0 Å². The van der Waals surface area contributed by atoms with Crippen molar-refractivity contribution in [3.63, 3.8) is 0 Å². The van der Waals surface area contributed by atoms with E-state index >= 15 is 0 Å². The highest BCUT2D eigenvalue weighted by Gasteiger charge is 2.11. The first-order valence-electron chi connectivity index (χ1n) is 9.21. The van der Waals surface area contributed by atoms with Gasteiger partial charge in [-0.15, -0.1) is 0 Å². The van der Waals surface area contributed by atoms with Gasteiger partial charge in [-0.1, -0.05) is 40.6 Å². The molecule has 7 nitrogen and oxygen atoms in total. The molecule has 28 heavy (non-hydrogen) atoms. The fraction of sp³-hybridized carbons (Fsp3) is 0.238. The van der Waals surface area contributed by atoms with Crippen LogP contribution in [0.1, 0.15) is 23.5 Å². The largest absolute Gasteiger partial charge is 0.364 e. The topological polar surface area (TPSA) is 81.1 Å². The molecule has 0 unspecified atom stereocenters. The number of rotatable bonds is 8. The number of hydrogen-bond acceptors (Lipinski definition) is 7. The molecule has 3 heterocycles. The lowest BCUT2D eigenvalue weighted by Gasteiger charge is -2.16. The van der Waals surface area contributed by atoms with Gasteiger partial charge in [-0.25, -0.2) is 4.98 Å². The smallest absolute Gasteiger partial charge is 0.259 e. The van der Waals surface area contributed by atoms with Crippen molar-refractivity contribution < 1.29 is 9.05 Å². The predicted molar refractivity (Wildman–Crippen MR) is 105 cm³/mol. The Hall–Kier alpha value is -3.48. The molecule has 0 aliphatic heterocycles. The van der Waals surface area contributed by atoms with Crippen LogP contribution in [0.4, 0.5) is 5.82 Å². The van der Waals surface area contributed by atoms with Gasteiger partial charge in [-0.2, -0.15) is 4.98 Å². The highest BCUT2D eigenvalue weighted by atomic mass is 16.5. The summed E-state index contributed by atoms with van der Waals surface area (Å²) in [6, 6.07) is 16.1. The number of benzene rings is 1. The van der Waals surface area contributed by atoms with Crippen LogP contribution in [0, 0.1) is 0 Å². The SMILES string of the molecule is CN(Cc1ccon1)c1ccc(-c2nc(CCCc3ccccc3)no2)cn1. The molecule has 0 atom stereocenters. The van der Waals surface area contributed by atoms with Crippen molar-refractivity contribution in [3.8, 4) is 11.5 Å². The van der Waals surface area contributed by atoms with Crippen molar-refractivity contribution in [1.29, 1.82) is 0 Å². The molecule has 1 aromatic carbocycles. The van der Waals surface area contributed by atoms with Crippen molar-refractivity contribution in [1.82, 2.24) is 20.3 Å². The summed E-state index contributed by atoms with van der Waals surface area (Å²) >= 11 is 0. The van der Waals surface area contributed by atoms with Crippen LogP contribution in [0.2, 0.25) is 0 Å². The molecule has 0 aliphatic rings. The number of aryl methyl sites for hydroxylation is 2. The van der Waals surface area contributed by atoms with Crippen molar-refractivity contribution in [2.75, 3.05) is 11.9 Å². The van der Waals surface area contributed by atoms with E-state index < -0.39 is 0 Å². The molecule has 7 heteroatoms. The monoisotopic (exact) mass is 375 g/mol. The minimum atomic E-state index is 0.493. The molecule has 3 aromatic heterocycles. The van der Waals surface area contributed by atoms with E-state index in [4.69, 9.17) is 9.05 Å². The highest BCUT2D eigenvalue weighted by Crippen LogP contribution is 2.20. The second kappa shape index (κ2) is 8.47. The third-order valence-corrected chi connectivity index (χ3v) is 4.45. The Bertz CT molecular complexity index is 981. The van der Waals surface area contributed by atoms with Crippen LogP contribution in [0.5, 0.6) is 0 Å². The second-order valence-corrected chi connectivity index (χ2v) is 6.61. The Balaban J connectivity index is 1.34. The predicted octanol–water partition coefficient (Wildman–Crippen LogP) is 3.93. The summed E-state index contributed by atoms with van der Waals surface area (Å²) in [4.78, 5) is 11.0. The van der Waals surface area contributed by atoms with Gasteiger partial charge in [0.1, 0.15) is 17.8 Å². The lowest BCUT2D eigenvalue weighted by molar-refractivity contribution is 0.411. The lowest BCUT2D eigenvalue weighted by Crippen LogP contribution is -2.17. The quantitative estimate of drug-likeness (QED) is 0.461. The fourth-order valence-corrected chi connectivity index (χ4v) is 2.95. The molecule has 0 spiro atoms. The third-order valence-electron chi connectivity index (χ3n) is 4.45. The van der Waals surface area contributed by atoms with Gasteiger partial charge < -0.3 is 13.9 Å². The number of anilines is 1. The maximum atomic E-state index is 5.40. The van der Waals surface area contributed by atoms with Crippen LogP contribution in [0.3, 0.4) is 0 Å². The number of aromatic nitrogens is 4. The van der Waals surface area contributed by atoms with Gasteiger partial charge in [-0.05, 0) is 30.5 Å². The molecule has 0 N–H and O–H groups in total. The summed E-state index contributed by atoms with van der Waals surface area (Å²) in [5.41, 5.74) is 2.98. The van der Waals surface area contributed by atoms with Crippen LogP contribution in [0.15, 0.2) is 70.0 Å². The van der Waals surface area contributed by atoms with Gasteiger partial charge in [0.05, 0.1) is 12.1 Å². The number of pyridine rings is 1. The first-order chi connectivity index (χ1) is 13.8. The van der Waals surface area contributed by atoms with E-state index in [-0.39, 0.29) is 0 Å². The summed E-state index contributed by atoms with van der Waals surface area (Å²) in [7, 11) is 1.95. The Morgan fingerprint density at radius 2 is 1.86 bits per heavy atom. The molecular weight excluding hydrogens is 354 g/mol. The lowest BCUT2D eigenvalue weighted by atomic mass is 10.1. The van der Waals surface area contributed by atoms with Crippen LogP contribution >= 0.6 is 0 Å². The first kappa shape index (κ1) is 17.9. The standard InChI is InChI=1S/C21H21N5O2/c1-26(15-18-12-13-27-24-18)20-11-10-17(14-22-20)21-23-19(25-28-21)9-5-8-16-6-3-2-4-7-16/h2-4,6-7,10-14H,5,8-9,15H2,1H3. The summed E-state index contributed by atoms with van der Waals surface area (Å²) in [6.45, 7) is 0.620.